The molecule has 0 aliphatic heterocycles. The highest BCUT2D eigenvalue weighted by Gasteiger charge is 2.17. The van der Waals surface area contributed by atoms with Gasteiger partial charge in [0.1, 0.15) is 6.73 Å². The van der Waals surface area contributed by atoms with Gasteiger partial charge in [-0.3, -0.25) is 4.79 Å². The summed E-state index contributed by atoms with van der Waals surface area (Å²) in [5.74, 6) is 0.0438. The maximum Gasteiger partial charge on any atom is 0.251 e. The lowest BCUT2D eigenvalue weighted by Crippen LogP contribution is -2.30. The van der Waals surface area contributed by atoms with Gasteiger partial charge >= 0.3 is 0 Å². The Kier molecular flexibility index (Phi) is 8.41. The van der Waals surface area contributed by atoms with Gasteiger partial charge < -0.3 is 20.4 Å². The molecule has 0 saturated carbocycles. The van der Waals surface area contributed by atoms with Crippen LogP contribution in [0.15, 0.2) is 54.7 Å². The van der Waals surface area contributed by atoms with E-state index in [1.54, 1.807) is 53.4 Å². The molecule has 3 N–H and O–H groups in total. The van der Waals surface area contributed by atoms with Crippen LogP contribution in [0.3, 0.4) is 0 Å². The normalized spacial score (nSPS) is 11.8. The van der Waals surface area contributed by atoms with Crippen LogP contribution in [-0.4, -0.2) is 46.0 Å². The number of anilines is 1. The Bertz CT molecular complexity index is 1060. The van der Waals surface area contributed by atoms with Crippen LogP contribution in [0.1, 0.15) is 35.3 Å². The predicted octanol–water partition coefficient (Wildman–Crippen LogP) is 4.08. The zero-order valence-corrected chi connectivity index (χ0v) is 19.0. The van der Waals surface area contributed by atoms with Crippen molar-refractivity contribution in [3.8, 4) is 11.3 Å². The van der Waals surface area contributed by atoms with Crippen molar-refractivity contribution in [2.45, 2.75) is 19.4 Å². The molecule has 0 bridgehead atoms. The fourth-order valence-corrected chi connectivity index (χ4v) is 3.59. The number of aliphatic hydroxyl groups is 2. The van der Waals surface area contributed by atoms with Crippen molar-refractivity contribution in [1.29, 1.82) is 0 Å². The molecule has 0 radical (unpaired) electrons. The van der Waals surface area contributed by atoms with Crippen LogP contribution < -0.4 is 10.2 Å². The minimum absolute atomic E-state index is 0.202. The first-order valence-electron chi connectivity index (χ1n) is 10.1. The van der Waals surface area contributed by atoms with E-state index in [0.717, 1.165) is 6.42 Å². The van der Waals surface area contributed by atoms with Gasteiger partial charge in [-0.05, 0) is 36.2 Å². The van der Waals surface area contributed by atoms with E-state index in [4.69, 9.17) is 23.2 Å². The number of rotatable bonds is 9. The molecule has 1 aromatic heterocycles. The number of aliphatic hydroxyl groups excluding tert-OH is 2. The second-order valence-corrected chi connectivity index (χ2v) is 7.96. The van der Waals surface area contributed by atoms with Crippen LogP contribution in [0.2, 0.25) is 10.0 Å². The molecule has 1 amide bonds. The van der Waals surface area contributed by atoms with Gasteiger partial charge in [0.2, 0.25) is 5.95 Å². The van der Waals surface area contributed by atoms with Crippen molar-refractivity contribution in [3.63, 3.8) is 0 Å². The second-order valence-electron chi connectivity index (χ2n) is 7.11. The first-order chi connectivity index (χ1) is 15.5. The van der Waals surface area contributed by atoms with Crippen molar-refractivity contribution in [2.75, 3.05) is 24.8 Å². The summed E-state index contributed by atoms with van der Waals surface area (Å²) in [6.07, 6.45) is 2.32. The Morgan fingerprint density at radius 3 is 2.53 bits per heavy atom. The van der Waals surface area contributed by atoms with Crippen molar-refractivity contribution in [1.82, 2.24) is 15.3 Å². The molecule has 0 spiro atoms. The maximum atomic E-state index is 12.7. The Labute approximate surface area is 196 Å². The topological polar surface area (TPSA) is 98.6 Å². The van der Waals surface area contributed by atoms with Gasteiger partial charge in [0.05, 0.1) is 29.6 Å². The van der Waals surface area contributed by atoms with E-state index >= 15 is 0 Å². The molecular formula is C23H24Cl2N4O3. The third-order valence-corrected chi connectivity index (χ3v) is 5.35. The van der Waals surface area contributed by atoms with E-state index in [9.17, 15) is 15.0 Å². The number of carbonyl (C=O) groups excluding carboxylic acids is 1. The summed E-state index contributed by atoms with van der Waals surface area (Å²) in [5, 5.41) is 23.0. The van der Waals surface area contributed by atoms with E-state index in [1.165, 1.54) is 6.20 Å². The standard InChI is InChI=1S/C23H24Cl2N4O3/c1-2-10-29(14-31)23-26-12-19(25)21(28-23)15-6-8-16(9-7-15)22(32)27-20(13-30)17-4-3-5-18(24)11-17/h3-9,11-12,20,30-31H,2,10,13-14H2,1H3,(H,27,32)/t20-/m1/s1. The van der Waals surface area contributed by atoms with Crippen LogP contribution >= 0.6 is 23.2 Å². The van der Waals surface area contributed by atoms with Crippen molar-refractivity contribution in [3.05, 3.63) is 75.9 Å². The number of hydrogen-bond acceptors (Lipinski definition) is 6. The number of hydrogen-bond donors (Lipinski definition) is 3. The quantitative estimate of drug-likeness (QED) is 0.404. The van der Waals surface area contributed by atoms with Gasteiger partial charge in [-0.15, -0.1) is 0 Å². The van der Waals surface area contributed by atoms with E-state index in [1.807, 2.05) is 6.92 Å². The van der Waals surface area contributed by atoms with E-state index < -0.39 is 6.04 Å². The predicted molar refractivity (Wildman–Crippen MR) is 126 cm³/mol. The minimum Gasteiger partial charge on any atom is -0.394 e. The molecule has 0 aliphatic carbocycles. The van der Waals surface area contributed by atoms with E-state index in [0.29, 0.717) is 44.9 Å². The number of aromatic nitrogens is 2. The van der Waals surface area contributed by atoms with Crippen molar-refractivity contribution in [2.24, 2.45) is 0 Å². The largest absolute Gasteiger partial charge is 0.394 e. The molecule has 0 unspecified atom stereocenters. The molecule has 0 fully saturated rings. The SMILES string of the molecule is CCCN(CO)c1ncc(Cl)c(-c2ccc(C(=O)N[C@H](CO)c3cccc(Cl)c3)cc2)n1. The van der Waals surface area contributed by atoms with Crippen molar-refractivity contribution < 1.29 is 15.0 Å². The molecule has 3 rings (SSSR count). The van der Waals surface area contributed by atoms with E-state index in [2.05, 4.69) is 15.3 Å². The molecule has 1 atom stereocenters. The van der Waals surface area contributed by atoms with Gasteiger partial charge in [-0.25, -0.2) is 9.97 Å². The molecular weight excluding hydrogens is 451 g/mol. The van der Waals surface area contributed by atoms with Crippen molar-refractivity contribution >= 4 is 35.1 Å². The fraction of sp³-hybridized carbons (Fsp3) is 0.261. The Morgan fingerprint density at radius 1 is 1.16 bits per heavy atom. The third-order valence-electron chi connectivity index (χ3n) is 4.84. The smallest absolute Gasteiger partial charge is 0.251 e. The second kappa shape index (κ2) is 11.2. The average molecular weight is 475 g/mol. The highest BCUT2D eigenvalue weighted by atomic mass is 35.5. The van der Waals surface area contributed by atoms with E-state index in [-0.39, 0.29) is 19.2 Å². The molecule has 3 aromatic rings. The Morgan fingerprint density at radius 2 is 1.91 bits per heavy atom. The van der Waals surface area contributed by atoms with Crippen LogP contribution in [0.25, 0.3) is 11.3 Å². The Balaban J connectivity index is 1.79. The fourth-order valence-electron chi connectivity index (χ4n) is 3.20. The lowest BCUT2D eigenvalue weighted by atomic mass is 10.1. The zero-order chi connectivity index (χ0) is 23.1. The highest BCUT2D eigenvalue weighted by Crippen LogP contribution is 2.27. The molecule has 0 aliphatic rings. The number of halogens is 2. The van der Waals surface area contributed by atoms with Crippen LogP contribution in [0.5, 0.6) is 0 Å². The monoisotopic (exact) mass is 474 g/mol. The van der Waals surface area contributed by atoms with Crippen LogP contribution in [0, 0.1) is 0 Å². The van der Waals surface area contributed by atoms with Gasteiger partial charge in [-0.1, -0.05) is 54.4 Å². The summed E-state index contributed by atoms with van der Waals surface area (Å²) in [6, 6.07) is 13.2. The average Bonchev–Trinajstić information content (AvgIpc) is 2.81. The van der Waals surface area contributed by atoms with Gasteiger partial charge in [0.15, 0.2) is 0 Å². The number of nitrogens with one attached hydrogen (secondary N) is 1. The lowest BCUT2D eigenvalue weighted by molar-refractivity contribution is 0.0916. The molecule has 7 nitrogen and oxygen atoms in total. The minimum atomic E-state index is -0.581. The third kappa shape index (κ3) is 5.75. The number of nitrogens with zero attached hydrogens (tertiary/aromatic N) is 3. The molecule has 9 heteroatoms. The first-order valence-corrected chi connectivity index (χ1v) is 10.9. The number of carbonyl (C=O) groups is 1. The summed E-state index contributed by atoms with van der Waals surface area (Å²) in [5.41, 5.74) is 2.34. The highest BCUT2D eigenvalue weighted by molar-refractivity contribution is 6.33. The molecule has 168 valence electrons. The van der Waals surface area contributed by atoms with Crippen LogP contribution in [0.4, 0.5) is 5.95 Å². The summed E-state index contributed by atoms with van der Waals surface area (Å²) in [4.78, 5) is 23.0. The molecule has 2 aromatic carbocycles. The lowest BCUT2D eigenvalue weighted by Gasteiger charge is -2.19. The Hall–Kier alpha value is -2.71. The summed E-state index contributed by atoms with van der Waals surface area (Å²) < 4.78 is 0. The number of amides is 1. The van der Waals surface area contributed by atoms with Gasteiger partial charge in [0, 0.05) is 22.7 Å². The zero-order valence-electron chi connectivity index (χ0n) is 17.5. The molecule has 0 saturated heterocycles. The molecule has 1 heterocycles. The maximum absolute atomic E-state index is 12.7. The molecule has 32 heavy (non-hydrogen) atoms. The van der Waals surface area contributed by atoms with Gasteiger partial charge in [-0.2, -0.15) is 0 Å². The van der Waals surface area contributed by atoms with Gasteiger partial charge in [0.25, 0.3) is 5.91 Å². The summed E-state index contributed by atoms with van der Waals surface area (Å²) in [7, 11) is 0. The summed E-state index contributed by atoms with van der Waals surface area (Å²) >= 11 is 12.3. The first kappa shape index (κ1) is 23.9. The summed E-state index contributed by atoms with van der Waals surface area (Å²) in [6.45, 7) is 2.14. The van der Waals surface area contributed by atoms with Crippen LogP contribution in [-0.2, 0) is 0 Å². The number of benzene rings is 2.